The molecule has 0 spiro atoms. The molecular formula is C22H24FN3O2S. The second-order valence-corrected chi connectivity index (χ2v) is 7.50. The molecule has 0 atom stereocenters. The van der Waals surface area contributed by atoms with Gasteiger partial charge in [-0.05, 0) is 37.1 Å². The van der Waals surface area contributed by atoms with Gasteiger partial charge in [0, 0.05) is 12.3 Å². The van der Waals surface area contributed by atoms with E-state index in [1.165, 1.54) is 6.07 Å². The fraction of sp³-hybridized carbons (Fsp3) is 0.273. The molecule has 0 saturated carbocycles. The number of aryl methyl sites for hydroxylation is 2. The minimum Gasteiger partial charge on any atom is -0.492 e. The second-order valence-electron chi connectivity index (χ2n) is 6.44. The Labute approximate surface area is 174 Å². The SMILES string of the molecule is C=CCn1c(COc2ccccc2F)nnc1SCCOc1c(C)cccc1C. The van der Waals surface area contributed by atoms with E-state index in [1.54, 1.807) is 36.0 Å². The summed E-state index contributed by atoms with van der Waals surface area (Å²) in [6, 6.07) is 12.4. The molecule has 1 heterocycles. The van der Waals surface area contributed by atoms with Crippen LogP contribution < -0.4 is 9.47 Å². The predicted octanol–water partition coefficient (Wildman–Crippen LogP) is 4.97. The first-order chi connectivity index (χ1) is 14.1. The zero-order chi connectivity index (χ0) is 20.6. The molecule has 0 saturated heterocycles. The highest BCUT2D eigenvalue weighted by Gasteiger charge is 2.13. The molecule has 0 N–H and O–H groups in total. The molecule has 1 aromatic heterocycles. The van der Waals surface area contributed by atoms with Crippen molar-refractivity contribution in [1.82, 2.24) is 14.8 Å². The number of hydrogen-bond acceptors (Lipinski definition) is 5. The fourth-order valence-electron chi connectivity index (χ4n) is 2.85. The molecule has 0 aliphatic rings. The molecule has 29 heavy (non-hydrogen) atoms. The molecule has 0 aliphatic heterocycles. The lowest BCUT2D eigenvalue weighted by molar-refractivity contribution is 0.275. The maximum atomic E-state index is 13.7. The average Bonchev–Trinajstić information content (AvgIpc) is 3.08. The highest BCUT2D eigenvalue weighted by Crippen LogP contribution is 2.24. The van der Waals surface area contributed by atoms with E-state index in [0.717, 1.165) is 27.8 Å². The van der Waals surface area contributed by atoms with Crippen molar-refractivity contribution in [2.45, 2.75) is 32.2 Å². The lowest BCUT2D eigenvalue weighted by Gasteiger charge is -2.12. The molecule has 2 aromatic carbocycles. The number of aromatic nitrogens is 3. The van der Waals surface area contributed by atoms with Crippen LogP contribution >= 0.6 is 11.8 Å². The van der Waals surface area contributed by atoms with Gasteiger partial charge >= 0.3 is 0 Å². The molecule has 3 aromatic rings. The Kier molecular flexibility index (Phi) is 7.30. The van der Waals surface area contributed by atoms with Crippen molar-refractivity contribution in [3.8, 4) is 11.5 Å². The van der Waals surface area contributed by atoms with Crippen molar-refractivity contribution in [3.63, 3.8) is 0 Å². The van der Waals surface area contributed by atoms with Crippen molar-refractivity contribution in [2.24, 2.45) is 0 Å². The van der Waals surface area contributed by atoms with Gasteiger partial charge < -0.3 is 9.47 Å². The minimum atomic E-state index is -0.402. The molecule has 3 rings (SSSR count). The van der Waals surface area contributed by atoms with E-state index in [1.807, 2.05) is 36.6 Å². The molecule has 0 aliphatic carbocycles. The van der Waals surface area contributed by atoms with Crippen molar-refractivity contribution in [2.75, 3.05) is 12.4 Å². The average molecular weight is 414 g/mol. The standard InChI is InChI=1S/C22H24FN3O2S/c1-4-12-26-20(15-28-19-11-6-5-10-18(19)23)24-25-22(26)29-14-13-27-21-16(2)8-7-9-17(21)3/h4-11H,1,12-15H2,2-3H3. The number of benzene rings is 2. The second kappa shape index (κ2) is 10.1. The van der Waals surface area contributed by atoms with E-state index in [2.05, 4.69) is 16.8 Å². The van der Waals surface area contributed by atoms with Crippen LogP contribution in [0.5, 0.6) is 11.5 Å². The summed E-state index contributed by atoms with van der Waals surface area (Å²) in [7, 11) is 0. The largest absolute Gasteiger partial charge is 0.492 e. The van der Waals surface area contributed by atoms with Crippen LogP contribution in [-0.4, -0.2) is 27.1 Å². The van der Waals surface area contributed by atoms with Crippen molar-refractivity contribution in [3.05, 3.63) is 77.9 Å². The molecule has 152 valence electrons. The normalized spacial score (nSPS) is 10.7. The van der Waals surface area contributed by atoms with Crippen molar-refractivity contribution in [1.29, 1.82) is 0 Å². The number of nitrogens with zero attached hydrogens (tertiary/aromatic N) is 3. The number of allylic oxidation sites excluding steroid dienone is 1. The third-order valence-corrected chi connectivity index (χ3v) is 5.20. The van der Waals surface area contributed by atoms with Crippen LogP contribution in [0.25, 0.3) is 0 Å². The van der Waals surface area contributed by atoms with Gasteiger partial charge in [0.05, 0.1) is 6.61 Å². The van der Waals surface area contributed by atoms with E-state index in [9.17, 15) is 4.39 Å². The Morgan fingerprint density at radius 3 is 2.55 bits per heavy atom. The molecule has 5 nitrogen and oxygen atoms in total. The number of halogens is 1. The first kappa shape index (κ1) is 20.9. The summed E-state index contributed by atoms with van der Waals surface area (Å²) in [6.07, 6.45) is 1.77. The van der Waals surface area contributed by atoms with Gasteiger partial charge in [0.1, 0.15) is 12.4 Å². The van der Waals surface area contributed by atoms with Gasteiger partial charge in [0.15, 0.2) is 22.5 Å². The summed E-state index contributed by atoms with van der Waals surface area (Å²) in [5.41, 5.74) is 2.25. The summed E-state index contributed by atoms with van der Waals surface area (Å²) in [4.78, 5) is 0. The third kappa shape index (κ3) is 5.38. The summed E-state index contributed by atoms with van der Waals surface area (Å²) < 4.78 is 27.2. The van der Waals surface area contributed by atoms with Gasteiger partial charge in [-0.2, -0.15) is 0 Å². The highest BCUT2D eigenvalue weighted by atomic mass is 32.2. The zero-order valence-corrected chi connectivity index (χ0v) is 17.4. The number of thioether (sulfide) groups is 1. The maximum Gasteiger partial charge on any atom is 0.191 e. The molecule has 0 bridgehead atoms. The quantitative estimate of drug-likeness (QED) is 0.267. The Hall–Kier alpha value is -2.80. The number of hydrogen-bond donors (Lipinski definition) is 0. The number of rotatable bonds is 10. The Balaban J connectivity index is 1.59. The van der Waals surface area contributed by atoms with Crippen LogP contribution in [0.1, 0.15) is 17.0 Å². The van der Waals surface area contributed by atoms with Crippen LogP contribution in [0.4, 0.5) is 4.39 Å². The smallest absolute Gasteiger partial charge is 0.191 e. The van der Waals surface area contributed by atoms with Gasteiger partial charge in [-0.3, -0.25) is 4.57 Å². The Morgan fingerprint density at radius 1 is 1.07 bits per heavy atom. The van der Waals surface area contributed by atoms with E-state index in [-0.39, 0.29) is 12.4 Å². The zero-order valence-electron chi connectivity index (χ0n) is 16.6. The predicted molar refractivity (Wildman–Crippen MR) is 113 cm³/mol. The summed E-state index contributed by atoms with van der Waals surface area (Å²) in [5, 5.41) is 9.20. The van der Waals surface area contributed by atoms with Gasteiger partial charge in [-0.25, -0.2) is 4.39 Å². The van der Waals surface area contributed by atoms with Crippen LogP contribution in [-0.2, 0) is 13.2 Å². The lowest BCUT2D eigenvalue weighted by Crippen LogP contribution is -2.09. The van der Waals surface area contributed by atoms with E-state index >= 15 is 0 Å². The first-order valence-corrected chi connectivity index (χ1v) is 10.3. The molecule has 0 unspecified atom stereocenters. The van der Waals surface area contributed by atoms with Crippen molar-refractivity contribution >= 4 is 11.8 Å². The summed E-state index contributed by atoms with van der Waals surface area (Å²) in [5.74, 6) is 2.06. The Bertz CT molecular complexity index is 954. The van der Waals surface area contributed by atoms with Crippen LogP contribution in [0.2, 0.25) is 0 Å². The topological polar surface area (TPSA) is 49.2 Å². The van der Waals surface area contributed by atoms with Crippen LogP contribution in [0, 0.1) is 19.7 Å². The lowest BCUT2D eigenvalue weighted by atomic mass is 10.1. The number of ether oxygens (including phenoxy) is 2. The highest BCUT2D eigenvalue weighted by molar-refractivity contribution is 7.99. The van der Waals surface area contributed by atoms with Gasteiger partial charge in [-0.1, -0.05) is 48.2 Å². The summed E-state index contributed by atoms with van der Waals surface area (Å²) >= 11 is 1.55. The van der Waals surface area contributed by atoms with Gasteiger partial charge in [0.25, 0.3) is 0 Å². The summed E-state index contributed by atoms with van der Waals surface area (Å²) in [6.45, 7) is 9.10. The number of para-hydroxylation sites is 2. The van der Waals surface area contributed by atoms with Crippen molar-refractivity contribution < 1.29 is 13.9 Å². The Morgan fingerprint density at radius 2 is 1.83 bits per heavy atom. The molecular weight excluding hydrogens is 389 g/mol. The molecule has 0 radical (unpaired) electrons. The van der Waals surface area contributed by atoms with E-state index < -0.39 is 5.82 Å². The monoisotopic (exact) mass is 413 g/mol. The maximum absolute atomic E-state index is 13.7. The van der Waals surface area contributed by atoms with E-state index in [4.69, 9.17) is 9.47 Å². The van der Waals surface area contributed by atoms with Crippen LogP contribution in [0.15, 0.2) is 60.3 Å². The van der Waals surface area contributed by atoms with Crippen LogP contribution in [0.3, 0.4) is 0 Å². The van der Waals surface area contributed by atoms with Gasteiger partial charge in [-0.15, -0.1) is 16.8 Å². The minimum absolute atomic E-state index is 0.126. The molecule has 7 heteroatoms. The first-order valence-electron chi connectivity index (χ1n) is 9.32. The molecule has 0 fully saturated rings. The van der Waals surface area contributed by atoms with E-state index in [0.29, 0.717) is 19.0 Å². The fourth-order valence-corrected chi connectivity index (χ4v) is 3.64. The third-order valence-electron chi connectivity index (χ3n) is 4.27. The van der Waals surface area contributed by atoms with Gasteiger partial charge in [0.2, 0.25) is 0 Å². The molecule has 0 amide bonds.